The number of fused-ring (bicyclic) bond motifs is 1. The third kappa shape index (κ3) is 3.79. The Morgan fingerprint density at radius 1 is 1.16 bits per heavy atom. The van der Waals surface area contributed by atoms with E-state index < -0.39 is 0 Å². The number of aryl methyl sites for hydroxylation is 1. The van der Waals surface area contributed by atoms with Gasteiger partial charge >= 0.3 is 0 Å². The number of halogens is 1. The summed E-state index contributed by atoms with van der Waals surface area (Å²) in [7, 11) is 0. The molecule has 1 atom stereocenters. The zero-order valence-corrected chi connectivity index (χ0v) is 13.6. The van der Waals surface area contributed by atoms with E-state index in [0.717, 1.165) is 11.9 Å². The Hall–Kier alpha value is -0.890. The third-order valence-electron chi connectivity index (χ3n) is 3.58. The summed E-state index contributed by atoms with van der Waals surface area (Å²) in [6.45, 7) is 6.86. The van der Waals surface area contributed by atoms with Crippen LogP contribution in [0.3, 0.4) is 0 Å². The lowest BCUT2D eigenvalue weighted by atomic mass is 9.89. The summed E-state index contributed by atoms with van der Waals surface area (Å²) in [5, 5.41) is 1.30. The lowest BCUT2D eigenvalue weighted by molar-refractivity contribution is 0.380. The van der Waals surface area contributed by atoms with E-state index in [-0.39, 0.29) is 0 Å². The molecule has 2 aromatic rings. The molecule has 0 fully saturated rings. The maximum absolute atomic E-state index is 4.42. The minimum absolute atomic E-state index is 0.334. The minimum Gasteiger partial charge on any atom is -0.256 e. The molecule has 1 aromatic carbocycles. The van der Waals surface area contributed by atoms with Gasteiger partial charge in [-0.1, -0.05) is 54.9 Å². The van der Waals surface area contributed by atoms with Gasteiger partial charge in [-0.2, -0.15) is 0 Å². The molecule has 0 aliphatic rings. The van der Waals surface area contributed by atoms with Crippen LogP contribution in [0.1, 0.15) is 39.2 Å². The van der Waals surface area contributed by atoms with E-state index >= 15 is 0 Å². The SMILES string of the molecule is CC(C)(C)C(Br)CCCc1ccnc2ccccc12. The van der Waals surface area contributed by atoms with Gasteiger partial charge in [0, 0.05) is 16.4 Å². The molecule has 0 bridgehead atoms. The molecular formula is C17H22BrN. The van der Waals surface area contributed by atoms with Gasteiger partial charge in [0.25, 0.3) is 0 Å². The summed E-state index contributed by atoms with van der Waals surface area (Å²) >= 11 is 3.81. The molecule has 2 rings (SSSR count). The molecule has 0 saturated heterocycles. The molecule has 1 aromatic heterocycles. The second kappa shape index (κ2) is 6.04. The van der Waals surface area contributed by atoms with E-state index in [4.69, 9.17) is 0 Å². The Kier molecular flexibility index (Phi) is 4.62. The predicted octanol–water partition coefficient (Wildman–Crippen LogP) is 5.37. The van der Waals surface area contributed by atoms with Crippen LogP contribution in [0.4, 0.5) is 0 Å². The number of alkyl halides is 1. The number of aromatic nitrogens is 1. The van der Waals surface area contributed by atoms with Gasteiger partial charge in [0.15, 0.2) is 0 Å². The van der Waals surface area contributed by atoms with E-state index in [1.165, 1.54) is 23.8 Å². The summed E-state index contributed by atoms with van der Waals surface area (Å²) in [6.07, 6.45) is 5.47. The summed E-state index contributed by atoms with van der Waals surface area (Å²) in [5.41, 5.74) is 2.85. The molecule has 19 heavy (non-hydrogen) atoms. The molecule has 2 heteroatoms. The maximum atomic E-state index is 4.42. The molecule has 1 unspecified atom stereocenters. The van der Waals surface area contributed by atoms with Crippen molar-refractivity contribution in [3.05, 3.63) is 42.1 Å². The van der Waals surface area contributed by atoms with Gasteiger partial charge < -0.3 is 0 Å². The van der Waals surface area contributed by atoms with Crippen LogP contribution in [0.5, 0.6) is 0 Å². The molecule has 0 N–H and O–H groups in total. The molecule has 0 saturated carbocycles. The summed E-state index contributed by atoms with van der Waals surface area (Å²) < 4.78 is 0. The Labute approximate surface area is 124 Å². The quantitative estimate of drug-likeness (QED) is 0.690. The van der Waals surface area contributed by atoms with Crippen molar-refractivity contribution in [1.29, 1.82) is 0 Å². The third-order valence-corrected chi connectivity index (χ3v) is 5.41. The Bertz CT molecular complexity index is 537. The first-order valence-electron chi connectivity index (χ1n) is 6.95. The van der Waals surface area contributed by atoms with Crippen LogP contribution < -0.4 is 0 Å². The molecule has 1 nitrogen and oxygen atoms in total. The average molecular weight is 320 g/mol. The molecule has 0 aliphatic carbocycles. The summed E-state index contributed by atoms with van der Waals surface area (Å²) in [4.78, 5) is 4.99. The number of nitrogens with zero attached hydrogens (tertiary/aromatic N) is 1. The lowest BCUT2D eigenvalue weighted by Crippen LogP contribution is -2.20. The van der Waals surface area contributed by atoms with E-state index in [0.29, 0.717) is 10.2 Å². The Morgan fingerprint density at radius 2 is 1.89 bits per heavy atom. The molecule has 102 valence electrons. The fraction of sp³-hybridized carbons (Fsp3) is 0.471. The van der Waals surface area contributed by atoms with Gasteiger partial charge in [-0.05, 0) is 42.4 Å². The van der Waals surface area contributed by atoms with Crippen LogP contribution in [0, 0.1) is 5.41 Å². The van der Waals surface area contributed by atoms with Crippen LogP contribution in [0.2, 0.25) is 0 Å². The van der Waals surface area contributed by atoms with Crippen LogP contribution in [-0.4, -0.2) is 9.81 Å². The highest BCUT2D eigenvalue weighted by molar-refractivity contribution is 9.09. The number of hydrogen-bond acceptors (Lipinski definition) is 1. The standard InChI is InChI=1S/C17H22BrN/c1-17(2,3)16(18)10-6-7-13-11-12-19-15-9-5-4-8-14(13)15/h4-5,8-9,11-12,16H,6-7,10H2,1-3H3. The number of hydrogen-bond donors (Lipinski definition) is 0. The van der Waals surface area contributed by atoms with Gasteiger partial charge in [0.2, 0.25) is 0 Å². The highest BCUT2D eigenvalue weighted by Gasteiger charge is 2.20. The Balaban J connectivity index is 2.03. The summed E-state index contributed by atoms with van der Waals surface area (Å²) in [5.74, 6) is 0. The van der Waals surface area contributed by atoms with E-state index in [1.807, 2.05) is 12.3 Å². The number of rotatable bonds is 4. The van der Waals surface area contributed by atoms with Gasteiger partial charge in [-0.15, -0.1) is 0 Å². The van der Waals surface area contributed by atoms with Crippen molar-refractivity contribution in [1.82, 2.24) is 4.98 Å². The number of pyridine rings is 1. The van der Waals surface area contributed by atoms with E-state index in [2.05, 4.69) is 66.0 Å². The van der Waals surface area contributed by atoms with Crippen LogP contribution in [0.15, 0.2) is 36.5 Å². The minimum atomic E-state index is 0.334. The summed E-state index contributed by atoms with van der Waals surface area (Å²) in [6, 6.07) is 10.6. The number of para-hydroxylation sites is 1. The molecule has 0 amide bonds. The van der Waals surface area contributed by atoms with Crippen molar-refractivity contribution in [2.45, 2.75) is 44.9 Å². The van der Waals surface area contributed by atoms with Crippen LogP contribution in [0.25, 0.3) is 10.9 Å². The molecule has 0 spiro atoms. The lowest BCUT2D eigenvalue weighted by Gasteiger charge is -2.25. The number of benzene rings is 1. The molecule has 0 aliphatic heterocycles. The van der Waals surface area contributed by atoms with Crippen molar-refractivity contribution in [2.75, 3.05) is 0 Å². The van der Waals surface area contributed by atoms with Crippen molar-refractivity contribution >= 4 is 26.8 Å². The maximum Gasteiger partial charge on any atom is 0.0704 e. The van der Waals surface area contributed by atoms with Gasteiger partial charge in [0.05, 0.1) is 5.52 Å². The first-order chi connectivity index (χ1) is 8.98. The smallest absolute Gasteiger partial charge is 0.0704 e. The van der Waals surface area contributed by atoms with Crippen LogP contribution >= 0.6 is 15.9 Å². The second-order valence-corrected chi connectivity index (χ2v) is 7.32. The zero-order valence-electron chi connectivity index (χ0n) is 12.0. The topological polar surface area (TPSA) is 12.9 Å². The predicted molar refractivity (Wildman–Crippen MR) is 86.9 cm³/mol. The fourth-order valence-corrected chi connectivity index (χ4v) is 2.60. The Morgan fingerprint density at radius 3 is 2.63 bits per heavy atom. The highest BCUT2D eigenvalue weighted by Crippen LogP contribution is 2.30. The van der Waals surface area contributed by atoms with Gasteiger partial charge in [-0.3, -0.25) is 4.98 Å². The first kappa shape index (κ1) is 14.5. The molecule has 0 radical (unpaired) electrons. The van der Waals surface area contributed by atoms with Crippen LogP contribution in [-0.2, 0) is 6.42 Å². The van der Waals surface area contributed by atoms with Gasteiger partial charge in [0.1, 0.15) is 0 Å². The van der Waals surface area contributed by atoms with Crippen molar-refractivity contribution < 1.29 is 0 Å². The highest BCUT2D eigenvalue weighted by atomic mass is 79.9. The largest absolute Gasteiger partial charge is 0.256 e. The van der Waals surface area contributed by atoms with E-state index in [1.54, 1.807) is 0 Å². The second-order valence-electron chi connectivity index (χ2n) is 6.21. The molecular weight excluding hydrogens is 298 g/mol. The van der Waals surface area contributed by atoms with Crippen molar-refractivity contribution in [3.63, 3.8) is 0 Å². The fourth-order valence-electron chi connectivity index (χ4n) is 2.28. The van der Waals surface area contributed by atoms with E-state index in [9.17, 15) is 0 Å². The van der Waals surface area contributed by atoms with Crippen molar-refractivity contribution in [3.8, 4) is 0 Å². The normalized spacial score (nSPS) is 13.7. The first-order valence-corrected chi connectivity index (χ1v) is 7.87. The van der Waals surface area contributed by atoms with Crippen molar-refractivity contribution in [2.24, 2.45) is 5.41 Å². The zero-order chi connectivity index (χ0) is 13.9. The van der Waals surface area contributed by atoms with Gasteiger partial charge in [-0.25, -0.2) is 0 Å². The average Bonchev–Trinajstić information content (AvgIpc) is 2.38. The molecule has 1 heterocycles. The monoisotopic (exact) mass is 319 g/mol.